The molecule has 7 aliphatic rings. The first-order chi connectivity index (χ1) is 12.2. The number of fused-ring (bicyclic) bond motifs is 2. The summed E-state index contributed by atoms with van der Waals surface area (Å²) in [5, 5.41) is 19.6. The molecule has 1 atom stereocenters. The molecular formula is C20H20N4O. The third kappa shape index (κ3) is 0.915. The van der Waals surface area contributed by atoms with Crippen molar-refractivity contribution in [2.24, 2.45) is 53.9 Å². The first kappa shape index (κ1) is 12.4. The highest BCUT2D eigenvalue weighted by atomic mass is 16.3. The van der Waals surface area contributed by atoms with Gasteiger partial charge in [-0.05, 0) is 53.6 Å². The van der Waals surface area contributed by atoms with Crippen molar-refractivity contribution in [3.05, 3.63) is 36.0 Å². The highest BCUT2D eigenvalue weighted by Crippen LogP contribution is 3.06. The van der Waals surface area contributed by atoms with Crippen LogP contribution in [0.3, 0.4) is 0 Å². The Labute approximate surface area is 145 Å². The van der Waals surface area contributed by atoms with Crippen molar-refractivity contribution in [1.82, 2.24) is 9.78 Å². The van der Waals surface area contributed by atoms with Gasteiger partial charge in [-0.3, -0.25) is 4.68 Å². The van der Waals surface area contributed by atoms with Crippen LogP contribution in [0.1, 0.15) is 5.56 Å². The summed E-state index contributed by atoms with van der Waals surface area (Å²) in [4.78, 5) is 2.26. The molecule has 0 bridgehead atoms. The molecule has 0 amide bonds. The molecule has 1 aromatic heterocycles. The van der Waals surface area contributed by atoms with Gasteiger partial charge in [0.25, 0.3) is 0 Å². The Morgan fingerprint density at radius 1 is 1.16 bits per heavy atom. The quantitative estimate of drug-likeness (QED) is 0.885. The number of hydrogen-bond acceptors (Lipinski definition) is 4. The van der Waals surface area contributed by atoms with E-state index in [1.54, 1.807) is 0 Å². The van der Waals surface area contributed by atoms with Gasteiger partial charge < -0.3 is 15.3 Å². The largest absolute Gasteiger partial charge is 0.373 e. The number of aromatic nitrogens is 2. The summed E-state index contributed by atoms with van der Waals surface area (Å²) < 4.78 is 1.90. The zero-order valence-electron chi connectivity index (χ0n) is 14.0. The van der Waals surface area contributed by atoms with Gasteiger partial charge in [-0.25, -0.2) is 0 Å². The lowest BCUT2D eigenvalue weighted by Gasteiger charge is -3.08. The van der Waals surface area contributed by atoms with E-state index >= 15 is 0 Å². The number of rotatable bonds is 2. The van der Waals surface area contributed by atoms with Crippen molar-refractivity contribution < 1.29 is 5.11 Å². The summed E-state index contributed by atoms with van der Waals surface area (Å²) in [5.74, 6) is 7.60. The van der Waals surface area contributed by atoms with Crippen LogP contribution in [0.2, 0.25) is 0 Å². The molecule has 6 saturated carbocycles. The Kier molecular flexibility index (Phi) is 1.64. The van der Waals surface area contributed by atoms with Gasteiger partial charge in [-0.15, -0.1) is 0 Å². The molecule has 25 heavy (non-hydrogen) atoms. The van der Waals surface area contributed by atoms with E-state index in [0.717, 1.165) is 70.7 Å². The summed E-state index contributed by atoms with van der Waals surface area (Å²) in [6.45, 7) is 0.728. The van der Waals surface area contributed by atoms with Gasteiger partial charge in [-0.2, -0.15) is 5.10 Å². The van der Waals surface area contributed by atoms with E-state index in [-0.39, 0.29) is 11.6 Å². The molecule has 2 heterocycles. The van der Waals surface area contributed by atoms with Crippen LogP contribution in [0, 0.1) is 46.8 Å². The first-order valence-electron chi connectivity index (χ1n) is 9.56. The van der Waals surface area contributed by atoms with Crippen molar-refractivity contribution in [3.63, 3.8) is 0 Å². The van der Waals surface area contributed by atoms with E-state index < -0.39 is 0 Å². The third-order valence-electron chi connectivity index (χ3n) is 9.12. The number of aliphatic hydroxyl groups excluding tert-OH is 1. The average molecular weight is 332 g/mol. The Morgan fingerprint density at radius 2 is 1.88 bits per heavy atom. The van der Waals surface area contributed by atoms with Crippen LogP contribution in [0.25, 0.3) is 0 Å². The van der Waals surface area contributed by atoms with E-state index in [4.69, 9.17) is 0 Å². The van der Waals surface area contributed by atoms with E-state index in [0.29, 0.717) is 0 Å². The maximum atomic E-state index is 11.6. The highest BCUT2D eigenvalue weighted by Gasteiger charge is 3.05. The predicted molar refractivity (Wildman–Crippen MR) is 92.0 cm³/mol. The lowest BCUT2D eigenvalue weighted by atomic mass is 8.96. The van der Waals surface area contributed by atoms with Gasteiger partial charge in [0.05, 0.1) is 24.1 Å². The minimum Gasteiger partial charge on any atom is -0.373 e. The molecule has 6 aliphatic carbocycles. The Morgan fingerprint density at radius 3 is 2.64 bits per heavy atom. The number of para-hydroxylation sites is 2. The first-order valence-corrected chi connectivity index (χ1v) is 9.56. The number of nitrogens with zero attached hydrogens (tertiary/aromatic N) is 3. The van der Waals surface area contributed by atoms with Gasteiger partial charge in [0, 0.05) is 18.0 Å². The summed E-state index contributed by atoms with van der Waals surface area (Å²) in [7, 11) is 1.97. The standard InChI is InChI=1S/C20H20N4O/c1-23-18-8(6-21-23)7-24(10-5-3-2-4-9(10)22-18)19(25)20-15-12-11-13(15)17(20)14(11)16(12)20/h2-6,11-17,19,22,25H,7H2,1H3. The molecule has 0 spiro atoms. The zero-order chi connectivity index (χ0) is 16.2. The lowest BCUT2D eigenvalue weighted by molar-refractivity contribution is -0.627. The highest BCUT2D eigenvalue weighted by molar-refractivity contribution is 5.78. The molecule has 0 saturated heterocycles. The number of benzene rings is 1. The molecule has 126 valence electrons. The van der Waals surface area contributed by atoms with Crippen LogP contribution in [-0.2, 0) is 13.6 Å². The molecule has 1 aromatic carbocycles. The molecule has 1 aliphatic heterocycles. The van der Waals surface area contributed by atoms with Gasteiger partial charge in [0.1, 0.15) is 12.0 Å². The number of anilines is 3. The SMILES string of the molecule is Cn1ncc2c1Nc1ccccc1N(C(O)C13C4C5C6C4C1C6C53)C2. The summed E-state index contributed by atoms with van der Waals surface area (Å²) in [5.41, 5.74) is 3.59. The van der Waals surface area contributed by atoms with Crippen LogP contribution in [0.5, 0.6) is 0 Å². The van der Waals surface area contributed by atoms with Crippen molar-refractivity contribution >= 4 is 17.2 Å². The second kappa shape index (κ2) is 3.32. The predicted octanol–water partition coefficient (Wildman–Crippen LogP) is 2.17. The van der Waals surface area contributed by atoms with E-state index in [1.807, 2.05) is 17.9 Å². The van der Waals surface area contributed by atoms with E-state index in [9.17, 15) is 5.11 Å². The fourth-order valence-corrected chi connectivity index (χ4v) is 8.51. The van der Waals surface area contributed by atoms with Gasteiger partial charge >= 0.3 is 0 Å². The molecule has 5 heteroatoms. The molecule has 5 nitrogen and oxygen atoms in total. The lowest BCUT2D eigenvalue weighted by Crippen LogP contribution is -3.07. The molecule has 2 N–H and O–H groups in total. The van der Waals surface area contributed by atoms with Crippen LogP contribution in [0.15, 0.2) is 30.5 Å². The molecule has 0 radical (unpaired) electrons. The van der Waals surface area contributed by atoms with Crippen molar-refractivity contribution in [2.45, 2.75) is 12.8 Å². The number of hydrogen-bond donors (Lipinski definition) is 2. The second-order valence-corrected chi connectivity index (χ2v) is 9.17. The fourth-order valence-electron chi connectivity index (χ4n) is 8.51. The minimum absolute atomic E-state index is 0.231. The molecule has 6 fully saturated rings. The monoisotopic (exact) mass is 332 g/mol. The zero-order valence-corrected chi connectivity index (χ0v) is 14.0. The molecule has 2 aromatic rings. The normalized spacial score (nSPS) is 48.9. The second-order valence-electron chi connectivity index (χ2n) is 9.17. The van der Waals surface area contributed by atoms with Gasteiger partial charge in [0.2, 0.25) is 0 Å². The van der Waals surface area contributed by atoms with E-state index in [1.165, 1.54) is 0 Å². The van der Waals surface area contributed by atoms with Crippen molar-refractivity contribution in [2.75, 3.05) is 10.2 Å². The Balaban J connectivity index is 1.26. The van der Waals surface area contributed by atoms with Crippen LogP contribution >= 0.6 is 0 Å². The van der Waals surface area contributed by atoms with Gasteiger partial charge in [-0.1, -0.05) is 12.1 Å². The van der Waals surface area contributed by atoms with Gasteiger partial charge in [0.15, 0.2) is 0 Å². The Bertz CT molecular complexity index is 929. The molecular weight excluding hydrogens is 312 g/mol. The van der Waals surface area contributed by atoms with Crippen molar-refractivity contribution in [3.8, 4) is 0 Å². The molecule has 9 rings (SSSR count). The smallest absolute Gasteiger partial charge is 0.133 e. The fraction of sp³-hybridized carbons (Fsp3) is 0.550. The van der Waals surface area contributed by atoms with Crippen molar-refractivity contribution in [1.29, 1.82) is 0 Å². The summed E-state index contributed by atoms with van der Waals surface area (Å²) >= 11 is 0. The Hall–Kier alpha value is -2.01. The maximum absolute atomic E-state index is 11.6. The summed E-state index contributed by atoms with van der Waals surface area (Å²) in [6.07, 6.45) is 1.58. The number of nitrogens with one attached hydrogen (secondary N) is 1. The number of aryl methyl sites for hydroxylation is 1. The van der Waals surface area contributed by atoms with E-state index in [2.05, 4.69) is 39.6 Å². The van der Waals surface area contributed by atoms with Crippen LogP contribution in [0.4, 0.5) is 17.2 Å². The van der Waals surface area contributed by atoms with Crippen LogP contribution < -0.4 is 10.2 Å². The number of aliphatic hydroxyl groups is 1. The third-order valence-corrected chi connectivity index (χ3v) is 9.12. The average Bonchev–Trinajstić information content (AvgIpc) is 2.90. The minimum atomic E-state index is -0.355. The topological polar surface area (TPSA) is 53.3 Å². The van der Waals surface area contributed by atoms with Crippen LogP contribution in [-0.4, -0.2) is 21.1 Å². The molecule has 1 unspecified atom stereocenters. The summed E-state index contributed by atoms with van der Waals surface area (Å²) in [6, 6.07) is 8.39. The maximum Gasteiger partial charge on any atom is 0.133 e.